The van der Waals surface area contributed by atoms with Gasteiger partial charge in [-0.1, -0.05) is 0 Å². The molecule has 1 N–H and O–H groups in total. The van der Waals surface area contributed by atoms with Gasteiger partial charge in [0.2, 0.25) is 0 Å². The Labute approximate surface area is 134 Å². The minimum Gasteiger partial charge on any atom is -0.465 e. The highest BCUT2D eigenvalue weighted by molar-refractivity contribution is 5.47. The van der Waals surface area contributed by atoms with Crippen LogP contribution in [0, 0.1) is 19.8 Å². The van der Waals surface area contributed by atoms with Crippen molar-refractivity contribution >= 4 is 11.5 Å². The lowest BCUT2D eigenvalue weighted by molar-refractivity contribution is 0.369. The Morgan fingerprint density at radius 1 is 1.17 bits per heavy atom. The molecule has 0 saturated carbocycles. The third-order valence-corrected chi connectivity index (χ3v) is 4.21. The van der Waals surface area contributed by atoms with E-state index in [0.717, 1.165) is 55.0 Å². The van der Waals surface area contributed by atoms with Crippen LogP contribution < -0.4 is 10.2 Å². The summed E-state index contributed by atoms with van der Waals surface area (Å²) in [6.07, 6.45) is 0. The second-order valence-corrected chi connectivity index (χ2v) is 6.12. The predicted octanol–water partition coefficient (Wildman–Crippen LogP) is 1.56. The molecule has 0 radical (unpaired) electrons. The normalized spacial score (nSPS) is 15.3. The van der Waals surface area contributed by atoms with Crippen molar-refractivity contribution in [2.24, 2.45) is 5.92 Å². The number of aryl methyl sites for hydroxylation is 2. The fourth-order valence-corrected chi connectivity index (χ4v) is 2.92. The molecule has 1 aliphatic rings. The van der Waals surface area contributed by atoms with E-state index in [1.54, 1.807) is 4.52 Å². The molecule has 7 nitrogen and oxygen atoms in total. The summed E-state index contributed by atoms with van der Waals surface area (Å²) in [6, 6.07) is 8.00. The molecule has 0 aliphatic carbocycles. The minimum atomic E-state index is 0.644. The minimum absolute atomic E-state index is 0.644. The largest absolute Gasteiger partial charge is 0.465 e. The van der Waals surface area contributed by atoms with Crippen LogP contribution in [0.2, 0.25) is 0 Å². The Morgan fingerprint density at radius 3 is 2.83 bits per heavy atom. The molecule has 0 spiro atoms. The molecule has 120 valence electrons. The quantitative estimate of drug-likeness (QED) is 0.771. The van der Waals surface area contributed by atoms with E-state index in [0.29, 0.717) is 5.92 Å². The number of hydrogen-bond donors (Lipinski definition) is 1. The second kappa shape index (κ2) is 5.66. The van der Waals surface area contributed by atoms with Crippen molar-refractivity contribution in [1.29, 1.82) is 0 Å². The number of anilines is 1. The van der Waals surface area contributed by atoms with Crippen LogP contribution in [0.3, 0.4) is 0 Å². The maximum Gasteiger partial charge on any atom is 0.178 e. The molecule has 3 aromatic rings. The smallest absolute Gasteiger partial charge is 0.178 e. The average molecular weight is 312 g/mol. The maximum absolute atomic E-state index is 5.55. The van der Waals surface area contributed by atoms with Gasteiger partial charge >= 0.3 is 0 Å². The number of hydrogen-bond acceptors (Lipinski definition) is 6. The molecule has 0 unspecified atom stereocenters. The fraction of sp³-hybridized carbons (Fsp3) is 0.438. The third kappa shape index (κ3) is 2.79. The van der Waals surface area contributed by atoms with Crippen LogP contribution in [0.15, 0.2) is 28.7 Å². The number of fused-ring (bicyclic) bond motifs is 1. The fourth-order valence-electron chi connectivity index (χ4n) is 2.92. The summed E-state index contributed by atoms with van der Waals surface area (Å²) in [7, 11) is 0. The molecule has 4 rings (SSSR count). The van der Waals surface area contributed by atoms with Crippen LogP contribution >= 0.6 is 0 Å². The van der Waals surface area contributed by atoms with Gasteiger partial charge in [0.05, 0.1) is 6.54 Å². The first-order valence-electron chi connectivity index (χ1n) is 7.89. The van der Waals surface area contributed by atoms with Crippen molar-refractivity contribution in [1.82, 2.24) is 25.1 Å². The highest BCUT2D eigenvalue weighted by Gasteiger charge is 2.27. The SMILES string of the molecule is Cc1ccc(CNCC2CN(c3ccc4nnc(C)n4n3)C2)o1. The second-order valence-electron chi connectivity index (χ2n) is 6.12. The molecule has 1 aliphatic heterocycles. The Hall–Kier alpha value is -2.41. The van der Waals surface area contributed by atoms with Crippen LogP contribution in [0.1, 0.15) is 17.3 Å². The van der Waals surface area contributed by atoms with Gasteiger partial charge in [-0.25, -0.2) is 0 Å². The first kappa shape index (κ1) is 14.2. The summed E-state index contributed by atoms with van der Waals surface area (Å²) in [5.74, 6) is 4.40. The summed E-state index contributed by atoms with van der Waals surface area (Å²) in [6.45, 7) is 7.69. The number of nitrogens with zero attached hydrogens (tertiary/aromatic N) is 5. The number of rotatable bonds is 5. The van der Waals surface area contributed by atoms with E-state index in [2.05, 4.69) is 25.5 Å². The average Bonchev–Trinajstić information content (AvgIpc) is 3.08. The molecule has 23 heavy (non-hydrogen) atoms. The first-order valence-corrected chi connectivity index (χ1v) is 7.89. The summed E-state index contributed by atoms with van der Waals surface area (Å²) in [4.78, 5) is 2.28. The van der Waals surface area contributed by atoms with Crippen molar-refractivity contribution < 1.29 is 4.42 Å². The summed E-state index contributed by atoms with van der Waals surface area (Å²) in [5.41, 5.74) is 0.790. The maximum atomic E-state index is 5.55. The zero-order valence-corrected chi connectivity index (χ0v) is 13.4. The lowest BCUT2D eigenvalue weighted by Gasteiger charge is -2.40. The lowest BCUT2D eigenvalue weighted by Crippen LogP contribution is -2.51. The van der Waals surface area contributed by atoms with E-state index in [-0.39, 0.29) is 0 Å². The van der Waals surface area contributed by atoms with Gasteiger partial charge < -0.3 is 14.6 Å². The van der Waals surface area contributed by atoms with Gasteiger partial charge in [0.15, 0.2) is 11.5 Å². The van der Waals surface area contributed by atoms with Crippen molar-refractivity contribution in [3.63, 3.8) is 0 Å². The zero-order chi connectivity index (χ0) is 15.8. The monoisotopic (exact) mass is 312 g/mol. The summed E-state index contributed by atoms with van der Waals surface area (Å²) in [5, 5.41) is 16.2. The van der Waals surface area contributed by atoms with E-state index >= 15 is 0 Å². The third-order valence-electron chi connectivity index (χ3n) is 4.21. The Kier molecular flexibility index (Phi) is 3.49. The van der Waals surface area contributed by atoms with Gasteiger partial charge in [0.25, 0.3) is 0 Å². The first-order chi connectivity index (χ1) is 11.2. The van der Waals surface area contributed by atoms with Gasteiger partial charge in [0, 0.05) is 25.6 Å². The summed E-state index contributed by atoms with van der Waals surface area (Å²) < 4.78 is 7.35. The van der Waals surface area contributed by atoms with E-state index in [4.69, 9.17) is 4.42 Å². The van der Waals surface area contributed by atoms with Crippen molar-refractivity contribution in [2.45, 2.75) is 20.4 Å². The van der Waals surface area contributed by atoms with E-state index in [1.807, 2.05) is 38.1 Å². The van der Waals surface area contributed by atoms with Crippen LogP contribution in [-0.2, 0) is 6.54 Å². The molecule has 1 saturated heterocycles. The number of aromatic nitrogens is 4. The Morgan fingerprint density at radius 2 is 2.04 bits per heavy atom. The zero-order valence-electron chi connectivity index (χ0n) is 13.4. The molecule has 4 heterocycles. The van der Waals surface area contributed by atoms with Crippen molar-refractivity contribution in [2.75, 3.05) is 24.5 Å². The molecular weight excluding hydrogens is 292 g/mol. The Balaban J connectivity index is 1.29. The topological polar surface area (TPSA) is 71.5 Å². The van der Waals surface area contributed by atoms with Gasteiger partial charge in [-0.2, -0.15) is 4.52 Å². The van der Waals surface area contributed by atoms with E-state index in [9.17, 15) is 0 Å². The number of nitrogens with one attached hydrogen (secondary N) is 1. The highest BCUT2D eigenvalue weighted by Crippen LogP contribution is 2.22. The van der Waals surface area contributed by atoms with Crippen LogP contribution in [-0.4, -0.2) is 39.4 Å². The highest BCUT2D eigenvalue weighted by atomic mass is 16.3. The molecule has 1 fully saturated rings. The molecule has 0 bridgehead atoms. The van der Waals surface area contributed by atoms with Gasteiger partial charge in [-0.05, 0) is 38.1 Å². The van der Waals surface area contributed by atoms with Gasteiger partial charge in [-0.3, -0.25) is 0 Å². The molecule has 7 heteroatoms. The summed E-state index contributed by atoms with van der Waals surface area (Å²) >= 11 is 0. The van der Waals surface area contributed by atoms with Gasteiger partial charge in [0.1, 0.15) is 17.3 Å². The predicted molar refractivity (Wildman–Crippen MR) is 86.4 cm³/mol. The number of furan rings is 1. The van der Waals surface area contributed by atoms with Gasteiger partial charge in [-0.15, -0.1) is 15.3 Å². The van der Waals surface area contributed by atoms with Crippen LogP contribution in [0.5, 0.6) is 0 Å². The lowest BCUT2D eigenvalue weighted by atomic mass is 10.0. The van der Waals surface area contributed by atoms with E-state index in [1.165, 1.54) is 0 Å². The van der Waals surface area contributed by atoms with Crippen LogP contribution in [0.25, 0.3) is 5.65 Å². The van der Waals surface area contributed by atoms with Crippen molar-refractivity contribution in [3.05, 3.63) is 41.6 Å². The van der Waals surface area contributed by atoms with E-state index < -0.39 is 0 Å². The molecular formula is C16H20N6O. The standard InChI is InChI=1S/C16H20N6O/c1-11-3-4-14(23-11)8-17-7-13-9-21(10-13)16-6-5-15-19-18-12(2)22(15)20-16/h3-6,13,17H,7-10H2,1-2H3. The molecule has 0 amide bonds. The molecule has 0 atom stereocenters. The van der Waals surface area contributed by atoms with Crippen molar-refractivity contribution in [3.8, 4) is 0 Å². The molecule has 0 aromatic carbocycles. The van der Waals surface area contributed by atoms with Crippen LogP contribution in [0.4, 0.5) is 5.82 Å². The Bertz CT molecular complexity index is 817. The molecule has 3 aromatic heterocycles.